The number of anilines is 2. The summed E-state index contributed by atoms with van der Waals surface area (Å²) in [6.45, 7) is 2.72. The normalized spacial score (nSPS) is 18.8. The SMILES string of the molecule is Nc1ccc(CN2CCC(O)CC2)c(N)c1. The van der Waals surface area contributed by atoms with Gasteiger partial charge in [0.2, 0.25) is 0 Å². The van der Waals surface area contributed by atoms with Gasteiger partial charge in [-0.15, -0.1) is 0 Å². The minimum atomic E-state index is -0.125. The van der Waals surface area contributed by atoms with Crippen molar-refractivity contribution in [2.24, 2.45) is 0 Å². The Labute approximate surface area is 95.8 Å². The summed E-state index contributed by atoms with van der Waals surface area (Å²) in [6, 6.07) is 5.66. The molecule has 1 aromatic rings. The van der Waals surface area contributed by atoms with Crippen LogP contribution in [0, 0.1) is 0 Å². The largest absolute Gasteiger partial charge is 0.399 e. The Morgan fingerprint density at radius 2 is 1.94 bits per heavy atom. The number of nitrogen functional groups attached to an aromatic ring is 2. The minimum Gasteiger partial charge on any atom is -0.399 e. The van der Waals surface area contributed by atoms with Crippen LogP contribution in [0.1, 0.15) is 18.4 Å². The Hall–Kier alpha value is -1.26. The van der Waals surface area contributed by atoms with Crippen molar-refractivity contribution in [2.45, 2.75) is 25.5 Å². The average Bonchev–Trinajstić information content (AvgIpc) is 2.25. The number of piperidine rings is 1. The highest BCUT2D eigenvalue weighted by atomic mass is 16.3. The quantitative estimate of drug-likeness (QED) is 0.646. The van der Waals surface area contributed by atoms with Crippen molar-refractivity contribution in [3.05, 3.63) is 23.8 Å². The second-order valence-electron chi connectivity index (χ2n) is 4.47. The third-order valence-corrected chi connectivity index (χ3v) is 3.12. The van der Waals surface area contributed by atoms with Crippen molar-refractivity contribution in [1.29, 1.82) is 0 Å². The van der Waals surface area contributed by atoms with Gasteiger partial charge in [0.05, 0.1) is 6.10 Å². The smallest absolute Gasteiger partial charge is 0.0564 e. The topological polar surface area (TPSA) is 75.5 Å². The van der Waals surface area contributed by atoms with Gasteiger partial charge in [0.1, 0.15) is 0 Å². The van der Waals surface area contributed by atoms with Gasteiger partial charge in [-0.3, -0.25) is 4.90 Å². The molecule has 0 radical (unpaired) electrons. The zero-order chi connectivity index (χ0) is 11.5. The molecule has 1 fully saturated rings. The molecule has 4 nitrogen and oxygen atoms in total. The summed E-state index contributed by atoms with van der Waals surface area (Å²) in [5.41, 5.74) is 14.1. The molecule has 0 saturated carbocycles. The van der Waals surface area contributed by atoms with Gasteiger partial charge in [-0.2, -0.15) is 0 Å². The Morgan fingerprint density at radius 3 is 2.56 bits per heavy atom. The third-order valence-electron chi connectivity index (χ3n) is 3.12. The van der Waals surface area contributed by atoms with Crippen molar-refractivity contribution in [3.8, 4) is 0 Å². The number of hydrogen-bond donors (Lipinski definition) is 3. The lowest BCUT2D eigenvalue weighted by Crippen LogP contribution is -2.35. The zero-order valence-corrected chi connectivity index (χ0v) is 9.39. The molecule has 1 heterocycles. The van der Waals surface area contributed by atoms with Gasteiger partial charge in [-0.25, -0.2) is 0 Å². The van der Waals surface area contributed by atoms with E-state index in [1.54, 1.807) is 6.07 Å². The summed E-state index contributed by atoms with van der Waals surface area (Å²) in [7, 11) is 0. The number of benzene rings is 1. The Balaban J connectivity index is 1.98. The second-order valence-corrected chi connectivity index (χ2v) is 4.47. The van der Waals surface area contributed by atoms with E-state index in [0.29, 0.717) is 5.69 Å². The van der Waals surface area contributed by atoms with Crippen LogP contribution in [-0.2, 0) is 6.54 Å². The van der Waals surface area contributed by atoms with Crippen molar-refractivity contribution in [3.63, 3.8) is 0 Å². The minimum absolute atomic E-state index is 0.125. The lowest BCUT2D eigenvalue weighted by Gasteiger charge is -2.29. The lowest BCUT2D eigenvalue weighted by atomic mass is 10.1. The summed E-state index contributed by atoms with van der Waals surface area (Å²) in [5, 5.41) is 9.42. The summed E-state index contributed by atoms with van der Waals surface area (Å²) in [4.78, 5) is 2.31. The maximum absolute atomic E-state index is 9.42. The number of aliphatic hydroxyl groups is 1. The maximum Gasteiger partial charge on any atom is 0.0564 e. The number of nitrogens with two attached hydrogens (primary N) is 2. The van der Waals surface area contributed by atoms with E-state index >= 15 is 0 Å². The van der Waals surface area contributed by atoms with Crippen molar-refractivity contribution >= 4 is 11.4 Å². The van der Waals surface area contributed by atoms with Gasteiger partial charge in [0, 0.05) is 31.0 Å². The standard InChI is InChI=1S/C12H19N3O/c13-10-2-1-9(12(14)7-10)8-15-5-3-11(16)4-6-15/h1-2,7,11,16H,3-6,8,13-14H2. The monoisotopic (exact) mass is 221 g/mol. The number of aliphatic hydroxyl groups excluding tert-OH is 1. The molecule has 1 aromatic carbocycles. The molecule has 0 aliphatic carbocycles. The first kappa shape index (κ1) is 11.2. The first-order valence-corrected chi connectivity index (χ1v) is 5.69. The molecule has 4 heteroatoms. The van der Waals surface area contributed by atoms with E-state index in [1.807, 2.05) is 12.1 Å². The van der Waals surface area contributed by atoms with Crippen LogP contribution in [0.15, 0.2) is 18.2 Å². The summed E-state index contributed by atoms with van der Waals surface area (Å²) >= 11 is 0. The first-order chi connectivity index (χ1) is 7.65. The van der Waals surface area contributed by atoms with E-state index in [-0.39, 0.29) is 6.10 Å². The van der Waals surface area contributed by atoms with Crippen LogP contribution in [0.4, 0.5) is 11.4 Å². The van der Waals surface area contributed by atoms with Gasteiger partial charge < -0.3 is 16.6 Å². The van der Waals surface area contributed by atoms with Crippen LogP contribution in [0.25, 0.3) is 0 Å². The van der Waals surface area contributed by atoms with Crippen LogP contribution in [0.3, 0.4) is 0 Å². The van der Waals surface area contributed by atoms with E-state index in [4.69, 9.17) is 11.5 Å². The molecule has 1 aliphatic rings. The van der Waals surface area contributed by atoms with E-state index in [2.05, 4.69) is 4.90 Å². The predicted molar refractivity (Wildman–Crippen MR) is 65.8 cm³/mol. The van der Waals surface area contributed by atoms with Crippen LogP contribution >= 0.6 is 0 Å². The second kappa shape index (κ2) is 4.72. The molecular formula is C12H19N3O. The van der Waals surface area contributed by atoms with Crippen molar-refractivity contribution in [2.75, 3.05) is 24.6 Å². The predicted octanol–water partition coefficient (Wildman–Crippen LogP) is 0.808. The highest BCUT2D eigenvalue weighted by Crippen LogP contribution is 2.19. The van der Waals surface area contributed by atoms with E-state index in [9.17, 15) is 5.11 Å². The molecule has 0 aromatic heterocycles. The van der Waals surface area contributed by atoms with Gasteiger partial charge in [-0.1, -0.05) is 6.07 Å². The van der Waals surface area contributed by atoms with E-state index in [1.165, 1.54) is 0 Å². The van der Waals surface area contributed by atoms with E-state index in [0.717, 1.165) is 43.7 Å². The molecule has 1 aliphatic heterocycles. The van der Waals surface area contributed by atoms with E-state index < -0.39 is 0 Å². The molecule has 1 saturated heterocycles. The molecule has 2 rings (SSSR count). The van der Waals surface area contributed by atoms with Gasteiger partial charge >= 0.3 is 0 Å². The molecule has 5 N–H and O–H groups in total. The van der Waals surface area contributed by atoms with Crippen LogP contribution < -0.4 is 11.5 Å². The summed E-state index contributed by atoms with van der Waals surface area (Å²) < 4.78 is 0. The molecule has 0 unspecified atom stereocenters. The number of rotatable bonds is 2. The van der Waals surface area contributed by atoms with Crippen molar-refractivity contribution < 1.29 is 5.11 Å². The molecular weight excluding hydrogens is 202 g/mol. The number of likely N-dealkylation sites (tertiary alicyclic amines) is 1. The summed E-state index contributed by atoms with van der Waals surface area (Å²) in [6.07, 6.45) is 1.59. The lowest BCUT2D eigenvalue weighted by molar-refractivity contribution is 0.0793. The highest BCUT2D eigenvalue weighted by molar-refractivity contribution is 5.56. The molecule has 0 spiro atoms. The van der Waals surface area contributed by atoms with Gasteiger partial charge in [0.15, 0.2) is 0 Å². The fraction of sp³-hybridized carbons (Fsp3) is 0.500. The first-order valence-electron chi connectivity index (χ1n) is 5.69. The summed E-state index contributed by atoms with van der Waals surface area (Å²) in [5.74, 6) is 0. The maximum atomic E-state index is 9.42. The Bertz CT molecular complexity index is 359. The average molecular weight is 221 g/mol. The van der Waals surface area contributed by atoms with Crippen LogP contribution in [-0.4, -0.2) is 29.2 Å². The van der Waals surface area contributed by atoms with Crippen LogP contribution in [0.5, 0.6) is 0 Å². The van der Waals surface area contributed by atoms with Gasteiger partial charge in [0.25, 0.3) is 0 Å². The molecule has 16 heavy (non-hydrogen) atoms. The fourth-order valence-corrected chi connectivity index (χ4v) is 2.08. The molecule has 0 amide bonds. The Kier molecular flexibility index (Phi) is 3.31. The molecule has 0 atom stereocenters. The Morgan fingerprint density at radius 1 is 1.25 bits per heavy atom. The van der Waals surface area contributed by atoms with Crippen molar-refractivity contribution in [1.82, 2.24) is 4.90 Å². The number of nitrogens with zero attached hydrogens (tertiary/aromatic N) is 1. The fourth-order valence-electron chi connectivity index (χ4n) is 2.08. The van der Waals surface area contributed by atoms with Crippen LogP contribution in [0.2, 0.25) is 0 Å². The highest BCUT2D eigenvalue weighted by Gasteiger charge is 2.17. The number of hydrogen-bond acceptors (Lipinski definition) is 4. The van der Waals surface area contributed by atoms with Gasteiger partial charge in [-0.05, 0) is 30.5 Å². The molecule has 0 bridgehead atoms. The third kappa shape index (κ3) is 2.65. The zero-order valence-electron chi connectivity index (χ0n) is 9.39. The molecule has 88 valence electrons.